The van der Waals surface area contributed by atoms with Gasteiger partial charge in [-0.15, -0.1) is 0 Å². The first kappa shape index (κ1) is 15.0. The lowest BCUT2D eigenvalue weighted by Gasteiger charge is -2.10. The van der Waals surface area contributed by atoms with Gasteiger partial charge >= 0.3 is 0 Å². The quantitative estimate of drug-likeness (QED) is 0.802. The van der Waals surface area contributed by atoms with Crippen LogP contribution in [-0.4, -0.2) is 11.7 Å². The minimum Gasteiger partial charge on any atom is -0.321 e. The minimum absolute atomic E-state index is 0.0702. The smallest absolute Gasteiger partial charge is 0.255 e. The van der Waals surface area contributed by atoms with Gasteiger partial charge < -0.3 is 5.32 Å². The van der Waals surface area contributed by atoms with Crippen LogP contribution in [0.2, 0.25) is 0 Å². The molecule has 0 aromatic heterocycles. The highest BCUT2D eigenvalue weighted by Gasteiger charge is 2.13. The van der Waals surface area contributed by atoms with Crippen molar-refractivity contribution in [3.63, 3.8) is 0 Å². The van der Waals surface area contributed by atoms with E-state index in [4.69, 9.17) is 0 Å². The highest BCUT2D eigenvalue weighted by Crippen LogP contribution is 2.19. The van der Waals surface area contributed by atoms with E-state index in [1.807, 2.05) is 30.3 Å². The van der Waals surface area contributed by atoms with Gasteiger partial charge in [0.05, 0.1) is 5.69 Å². The van der Waals surface area contributed by atoms with Crippen LogP contribution < -0.4 is 5.32 Å². The highest BCUT2D eigenvalue weighted by atomic mass is 16.1. The van der Waals surface area contributed by atoms with Crippen molar-refractivity contribution in [2.24, 2.45) is 0 Å². The van der Waals surface area contributed by atoms with E-state index in [9.17, 15) is 9.59 Å². The van der Waals surface area contributed by atoms with E-state index in [0.717, 1.165) is 12.8 Å². The van der Waals surface area contributed by atoms with Crippen LogP contribution in [0, 0.1) is 0 Å². The molecule has 0 atom stereocenters. The van der Waals surface area contributed by atoms with Gasteiger partial charge in [0, 0.05) is 17.5 Å². The number of anilines is 1. The van der Waals surface area contributed by atoms with Crippen molar-refractivity contribution in [3.8, 4) is 0 Å². The summed E-state index contributed by atoms with van der Waals surface area (Å²) in [6, 6.07) is 16.1. The number of benzene rings is 2. The maximum Gasteiger partial charge on any atom is 0.255 e. The summed E-state index contributed by atoms with van der Waals surface area (Å²) in [5, 5.41) is 2.82. The highest BCUT2D eigenvalue weighted by molar-refractivity contribution is 6.09. The summed E-state index contributed by atoms with van der Waals surface area (Å²) in [6.07, 6.45) is 2.35. The van der Waals surface area contributed by atoms with Crippen LogP contribution in [-0.2, 0) is 0 Å². The molecule has 0 aliphatic rings. The van der Waals surface area contributed by atoms with E-state index >= 15 is 0 Å². The Kier molecular flexibility index (Phi) is 5.27. The Balaban J connectivity index is 2.17. The average Bonchev–Trinajstić information content (AvgIpc) is 2.54. The van der Waals surface area contributed by atoms with Crippen LogP contribution in [0.4, 0.5) is 5.69 Å². The Labute approximate surface area is 125 Å². The second kappa shape index (κ2) is 7.39. The van der Waals surface area contributed by atoms with E-state index in [1.54, 1.807) is 24.3 Å². The topological polar surface area (TPSA) is 46.2 Å². The summed E-state index contributed by atoms with van der Waals surface area (Å²) >= 11 is 0. The molecule has 1 N–H and O–H groups in total. The SMILES string of the molecule is CCCCC(=O)c1ccccc1NC(=O)c1ccccc1. The van der Waals surface area contributed by atoms with Gasteiger partial charge in [-0.25, -0.2) is 0 Å². The molecule has 0 aliphatic heterocycles. The number of hydrogen-bond acceptors (Lipinski definition) is 2. The van der Waals surface area contributed by atoms with E-state index in [2.05, 4.69) is 12.2 Å². The summed E-state index contributed by atoms with van der Waals surface area (Å²) in [5.41, 5.74) is 1.73. The summed E-state index contributed by atoms with van der Waals surface area (Å²) in [4.78, 5) is 24.4. The summed E-state index contributed by atoms with van der Waals surface area (Å²) in [5.74, 6) is -0.132. The fourth-order valence-corrected chi connectivity index (χ4v) is 2.09. The van der Waals surface area contributed by atoms with Crippen LogP contribution >= 0.6 is 0 Å². The second-order valence-electron chi connectivity index (χ2n) is 4.89. The molecule has 0 aliphatic carbocycles. The maximum absolute atomic E-state index is 12.2. The van der Waals surface area contributed by atoms with E-state index in [1.165, 1.54) is 0 Å². The first-order valence-corrected chi connectivity index (χ1v) is 7.21. The predicted octanol–water partition coefficient (Wildman–Crippen LogP) is 4.31. The molecule has 2 aromatic carbocycles. The summed E-state index contributed by atoms with van der Waals surface area (Å²) in [6.45, 7) is 2.05. The zero-order valence-electron chi connectivity index (χ0n) is 12.1. The zero-order chi connectivity index (χ0) is 15.1. The molecule has 2 rings (SSSR count). The van der Waals surface area contributed by atoms with Gasteiger partial charge in [0.15, 0.2) is 5.78 Å². The second-order valence-corrected chi connectivity index (χ2v) is 4.89. The van der Waals surface area contributed by atoms with Crippen LogP contribution in [0.5, 0.6) is 0 Å². The molecule has 0 radical (unpaired) electrons. The standard InChI is InChI=1S/C18H19NO2/c1-2-3-13-17(20)15-11-7-8-12-16(15)19-18(21)14-9-5-4-6-10-14/h4-12H,2-3,13H2,1H3,(H,19,21). The number of unbranched alkanes of at least 4 members (excludes halogenated alkanes) is 1. The van der Waals surface area contributed by atoms with Crippen molar-refractivity contribution in [3.05, 3.63) is 65.7 Å². The number of Topliss-reactive ketones (excluding diaryl/α,β-unsaturated/α-hetero) is 1. The molecule has 0 heterocycles. The molecule has 21 heavy (non-hydrogen) atoms. The number of para-hydroxylation sites is 1. The van der Waals surface area contributed by atoms with Crippen molar-refractivity contribution >= 4 is 17.4 Å². The minimum atomic E-state index is -0.202. The molecule has 2 aromatic rings. The maximum atomic E-state index is 12.2. The van der Waals surface area contributed by atoms with Crippen molar-refractivity contribution in [2.75, 3.05) is 5.32 Å². The molecule has 0 saturated carbocycles. The number of carbonyl (C=O) groups excluding carboxylic acids is 2. The molecule has 3 nitrogen and oxygen atoms in total. The Morgan fingerprint density at radius 2 is 1.62 bits per heavy atom. The number of rotatable bonds is 6. The van der Waals surface area contributed by atoms with Gasteiger partial charge in [0.1, 0.15) is 0 Å². The molecule has 0 unspecified atom stereocenters. The molecule has 1 amide bonds. The monoisotopic (exact) mass is 281 g/mol. The van der Waals surface area contributed by atoms with E-state index in [-0.39, 0.29) is 11.7 Å². The van der Waals surface area contributed by atoms with E-state index < -0.39 is 0 Å². The third kappa shape index (κ3) is 4.02. The van der Waals surface area contributed by atoms with Gasteiger partial charge in [-0.1, -0.05) is 43.7 Å². The molecule has 108 valence electrons. The van der Waals surface area contributed by atoms with Crippen LogP contribution in [0.3, 0.4) is 0 Å². The van der Waals surface area contributed by atoms with Crippen LogP contribution in [0.1, 0.15) is 46.9 Å². The molecule has 0 fully saturated rings. The third-order valence-corrected chi connectivity index (χ3v) is 3.27. The number of amides is 1. The predicted molar refractivity (Wildman–Crippen MR) is 84.7 cm³/mol. The average molecular weight is 281 g/mol. The fraction of sp³-hybridized carbons (Fsp3) is 0.222. The number of carbonyl (C=O) groups is 2. The van der Waals surface area contributed by atoms with Crippen LogP contribution in [0.25, 0.3) is 0 Å². The molecule has 0 spiro atoms. The van der Waals surface area contributed by atoms with Crippen molar-refractivity contribution in [1.82, 2.24) is 0 Å². The van der Waals surface area contributed by atoms with Crippen molar-refractivity contribution < 1.29 is 9.59 Å². The van der Waals surface area contributed by atoms with Crippen molar-refractivity contribution in [2.45, 2.75) is 26.2 Å². The summed E-state index contributed by atoms with van der Waals surface area (Å²) < 4.78 is 0. The molecular formula is C18H19NO2. The summed E-state index contributed by atoms with van der Waals surface area (Å²) in [7, 11) is 0. The number of hydrogen-bond donors (Lipinski definition) is 1. The third-order valence-electron chi connectivity index (χ3n) is 3.27. The van der Waals surface area contributed by atoms with E-state index in [0.29, 0.717) is 23.2 Å². The van der Waals surface area contributed by atoms with Gasteiger partial charge in [0.2, 0.25) is 0 Å². The van der Waals surface area contributed by atoms with Gasteiger partial charge in [-0.3, -0.25) is 9.59 Å². The number of ketones is 1. The normalized spacial score (nSPS) is 10.1. The van der Waals surface area contributed by atoms with Crippen molar-refractivity contribution in [1.29, 1.82) is 0 Å². The molecule has 0 saturated heterocycles. The lowest BCUT2D eigenvalue weighted by atomic mass is 10.0. The lowest BCUT2D eigenvalue weighted by molar-refractivity contribution is 0.0980. The largest absolute Gasteiger partial charge is 0.321 e. The zero-order valence-corrected chi connectivity index (χ0v) is 12.1. The Morgan fingerprint density at radius 3 is 2.33 bits per heavy atom. The molecular weight excluding hydrogens is 262 g/mol. The first-order valence-electron chi connectivity index (χ1n) is 7.21. The Hall–Kier alpha value is -2.42. The first-order chi connectivity index (χ1) is 10.2. The van der Waals surface area contributed by atoms with Gasteiger partial charge in [-0.2, -0.15) is 0 Å². The van der Waals surface area contributed by atoms with Crippen LogP contribution in [0.15, 0.2) is 54.6 Å². The molecule has 0 bridgehead atoms. The lowest BCUT2D eigenvalue weighted by Crippen LogP contribution is -2.14. The Bertz CT molecular complexity index is 620. The van der Waals surface area contributed by atoms with Gasteiger partial charge in [0.25, 0.3) is 5.91 Å². The fourth-order valence-electron chi connectivity index (χ4n) is 2.09. The number of nitrogens with one attached hydrogen (secondary N) is 1. The molecule has 3 heteroatoms. The van der Waals surface area contributed by atoms with Gasteiger partial charge in [-0.05, 0) is 30.7 Å². The Morgan fingerprint density at radius 1 is 0.952 bits per heavy atom.